The molecule has 0 fully saturated rings. The maximum Gasteiger partial charge on any atom is 0.331 e. The van der Waals surface area contributed by atoms with E-state index in [1.165, 1.54) is 48.3 Å². The van der Waals surface area contributed by atoms with E-state index in [4.69, 9.17) is 0 Å². The van der Waals surface area contributed by atoms with Crippen molar-refractivity contribution < 1.29 is 18.8 Å². The minimum atomic E-state index is -1.08. The molecule has 33 heavy (non-hydrogen) atoms. The summed E-state index contributed by atoms with van der Waals surface area (Å²) in [4.78, 5) is 38.4. The van der Waals surface area contributed by atoms with Crippen molar-refractivity contribution >= 4 is 16.8 Å². The monoisotopic (exact) mass is 455 g/mol. The SMILES string of the molecule is Cn1c(=O)n(Cc2ccc(F)c(F)c2)c(=O)c2cc(C(=O)NCC3=CNN(O)C=C3)ccc21. The van der Waals surface area contributed by atoms with Crippen LogP contribution in [0.25, 0.3) is 10.9 Å². The van der Waals surface area contributed by atoms with Crippen LogP contribution in [0.4, 0.5) is 8.78 Å². The average molecular weight is 455 g/mol. The summed E-state index contributed by atoms with van der Waals surface area (Å²) in [6, 6.07) is 7.52. The van der Waals surface area contributed by atoms with Crippen molar-refractivity contribution in [3.8, 4) is 0 Å². The van der Waals surface area contributed by atoms with E-state index in [1.54, 1.807) is 6.08 Å². The number of aromatic nitrogens is 2. The van der Waals surface area contributed by atoms with Gasteiger partial charge in [-0.25, -0.2) is 13.6 Å². The van der Waals surface area contributed by atoms with E-state index in [0.29, 0.717) is 11.1 Å². The molecular formula is C22H19F2N5O4. The molecule has 3 N–H and O–H groups in total. The van der Waals surface area contributed by atoms with E-state index in [1.807, 2.05) is 0 Å². The lowest BCUT2D eigenvalue weighted by Crippen LogP contribution is -2.39. The Morgan fingerprint density at radius 2 is 1.91 bits per heavy atom. The largest absolute Gasteiger partial charge is 0.348 e. The highest BCUT2D eigenvalue weighted by molar-refractivity contribution is 5.98. The summed E-state index contributed by atoms with van der Waals surface area (Å²) in [5, 5.41) is 12.8. The molecule has 0 atom stereocenters. The van der Waals surface area contributed by atoms with Gasteiger partial charge in [0.05, 0.1) is 23.6 Å². The molecular weight excluding hydrogens is 436 g/mol. The molecule has 3 aromatic rings. The van der Waals surface area contributed by atoms with E-state index in [9.17, 15) is 28.4 Å². The Kier molecular flexibility index (Phi) is 5.80. The van der Waals surface area contributed by atoms with Crippen molar-refractivity contribution in [3.05, 3.63) is 104 Å². The summed E-state index contributed by atoms with van der Waals surface area (Å²) in [7, 11) is 1.48. The van der Waals surface area contributed by atoms with Gasteiger partial charge in [0.2, 0.25) is 0 Å². The van der Waals surface area contributed by atoms with Crippen molar-refractivity contribution in [2.24, 2.45) is 7.05 Å². The van der Waals surface area contributed by atoms with Crippen molar-refractivity contribution in [1.82, 2.24) is 25.0 Å². The number of carbonyl (C=O) groups is 1. The number of hydrazine groups is 1. The molecule has 0 saturated carbocycles. The number of hydroxylamine groups is 1. The van der Waals surface area contributed by atoms with E-state index in [-0.39, 0.29) is 29.6 Å². The zero-order valence-electron chi connectivity index (χ0n) is 17.4. The molecule has 1 aliphatic heterocycles. The van der Waals surface area contributed by atoms with Gasteiger partial charge in [-0.05, 0) is 47.5 Å². The summed E-state index contributed by atoms with van der Waals surface area (Å²) in [6.07, 6.45) is 4.48. The first kappa shape index (κ1) is 22.0. The first-order valence-corrected chi connectivity index (χ1v) is 9.82. The predicted octanol–water partition coefficient (Wildman–Crippen LogP) is 1.36. The fourth-order valence-electron chi connectivity index (χ4n) is 3.42. The number of benzene rings is 2. The van der Waals surface area contributed by atoms with Gasteiger partial charge in [-0.15, -0.1) is 0 Å². The third-order valence-corrected chi connectivity index (χ3v) is 5.20. The minimum absolute atomic E-state index is 0.127. The molecule has 2 heterocycles. The van der Waals surface area contributed by atoms with Crippen LogP contribution >= 0.6 is 0 Å². The Hall–Kier alpha value is -4.25. The van der Waals surface area contributed by atoms with Crippen molar-refractivity contribution in [1.29, 1.82) is 0 Å². The molecule has 0 aliphatic carbocycles. The molecule has 0 spiro atoms. The number of nitrogens with zero attached hydrogens (tertiary/aromatic N) is 3. The number of amides is 1. The Bertz CT molecular complexity index is 1440. The van der Waals surface area contributed by atoms with E-state index < -0.39 is 28.8 Å². The van der Waals surface area contributed by atoms with Crippen LogP contribution in [0.3, 0.4) is 0 Å². The predicted molar refractivity (Wildman–Crippen MR) is 115 cm³/mol. The zero-order valence-corrected chi connectivity index (χ0v) is 17.4. The number of carbonyl (C=O) groups excluding carboxylic acids is 1. The molecule has 4 rings (SSSR count). The summed E-state index contributed by atoms with van der Waals surface area (Å²) in [5.74, 6) is -2.56. The molecule has 0 bridgehead atoms. The highest BCUT2D eigenvalue weighted by Crippen LogP contribution is 2.13. The summed E-state index contributed by atoms with van der Waals surface area (Å²) >= 11 is 0. The summed E-state index contributed by atoms with van der Waals surface area (Å²) in [6.45, 7) is -0.0910. The van der Waals surface area contributed by atoms with Gasteiger partial charge >= 0.3 is 5.69 Å². The number of hydrogen-bond acceptors (Lipinski definition) is 6. The first-order valence-electron chi connectivity index (χ1n) is 9.82. The highest BCUT2D eigenvalue weighted by Gasteiger charge is 2.15. The lowest BCUT2D eigenvalue weighted by molar-refractivity contribution is -0.0763. The fraction of sp³-hybridized carbons (Fsp3) is 0.136. The first-order chi connectivity index (χ1) is 15.7. The molecule has 170 valence electrons. The molecule has 9 nitrogen and oxygen atoms in total. The second-order valence-electron chi connectivity index (χ2n) is 7.40. The van der Waals surface area contributed by atoms with E-state index in [0.717, 1.165) is 21.9 Å². The molecule has 0 unspecified atom stereocenters. The second-order valence-corrected chi connectivity index (χ2v) is 7.40. The van der Waals surface area contributed by atoms with Crippen LogP contribution < -0.4 is 22.0 Å². The lowest BCUT2D eigenvalue weighted by Gasteiger charge is -2.17. The van der Waals surface area contributed by atoms with Gasteiger partial charge in [0.25, 0.3) is 11.5 Å². The van der Waals surface area contributed by atoms with Crippen LogP contribution in [0.5, 0.6) is 0 Å². The Labute approximate surface area is 185 Å². The zero-order chi connectivity index (χ0) is 23.7. The number of aryl methyl sites for hydroxylation is 1. The quantitative estimate of drug-likeness (QED) is 0.536. The summed E-state index contributed by atoms with van der Waals surface area (Å²) in [5.41, 5.74) is 2.73. The van der Waals surface area contributed by atoms with Gasteiger partial charge in [0, 0.05) is 25.4 Å². The Balaban J connectivity index is 1.65. The van der Waals surface area contributed by atoms with Crippen LogP contribution in [0, 0.1) is 11.6 Å². The van der Waals surface area contributed by atoms with E-state index >= 15 is 0 Å². The third-order valence-electron chi connectivity index (χ3n) is 5.20. The van der Waals surface area contributed by atoms with E-state index in [2.05, 4.69) is 10.7 Å². The Morgan fingerprint density at radius 3 is 2.61 bits per heavy atom. The Morgan fingerprint density at radius 1 is 1.12 bits per heavy atom. The maximum absolute atomic E-state index is 13.6. The average Bonchev–Trinajstić information content (AvgIpc) is 2.81. The van der Waals surface area contributed by atoms with Crippen LogP contribution in [0.15, 0.2) is 70.0 Å². The third kappa shape index (κ3) is 4.39. The van der Waals surface area contributed by atoms with Crippen molar-refractivity contribution in [3.63, 3.8) is 0 Å². The topological polar surface area (TPSA) is 109 Å². The molecule has 11 heteroatoms. The standard InChI is InChI=1S/C22H19F2N5O4/c1-27-19-5-3-15(20(30)25-10-14-6-7-29(33)26-11-14)9-16(19)21(31)28(22(27)32)12-13-2-4-17(23)18(24)8-13/h2-9,11,26,33H,10,12H2,1H3,(H,25,30). The number of hydrogen-bond donors (Lipinski definition) is 3. The van der Waals surface area contributed by atoms with Crippen LogP contribution in [0.1, 0.15) is 15.9 Å². The highest BCUT2D eigenvalue weighted by atomic mass is 19.2. The van der Waals surface area contributed by atoms with Gasteiger partial charge in [-0.1, -0.05) is 6.07 Å². The second kappa shape index (κ2) is 8.71. The van der Waals surface area contributed by atoms with Crippen molar-refractivity contribution in [2.75, 3.05) is 6.54 Å². The van der Waals surface area contributed by atoms with Crippen LogP contribution in [-0.2, 0) is 13.6 Å². The molecule has 0 saturated heterocycles. The number of nitrogens with one attached hydrogen (secondary N) is 2. The van der Waals surface area contributed by atoms with Gasteiger partial charge < -0.3 is 5.32 Å². The fourth-order valence-corrected chi connectivity index (χ4v) is 3.42. The van der Waals surface area contributed by atoms with Gasteiger partial charge in [0.1, 0.15) is 0 Å². The van der Waals surface area contributed by atoms with Gasteiger partial charge in [-0.3, -0.25) is 29.4 Å². The smallest absolute Gasteiger partial charge is 0.331 e. The number of fused-ring (bicyclic) bond motifs is 1. The van der Waals surface area contributed by atoms with Crippen LogP contribution in [-0.4, -0.2) is 32.0 Å². The molecule has 1 aliphatic rings. The number of rotatable bonds is 5. The number of halogens is 2. The molecule has 1 aromatic heterocycles. The normalized spacial score (nSPS) is 13.1. The molecule has 1 amide bonds. The minimum Gasteiger partial charge on any atom is -0.348 e. The van der Waals surface area contributed by atoms with Crippen molar-refractivity contribution in [2.45, 2.75) is 6.54 Å². The molecule has 0 radical (unpaired) electrons. The van der Waals surface area contributed by atoms with Gasteiger partial charge in [-0.2, -0.15) is 5.17 Å². The van der Waals surface area contributed by atoms with Crippen LogP contribution in [0.2, 0.25) is 0 Å². The van der Waals surface area contributed by atoms with Gasteiger partial charge in [0.15, 0.2) is 11.6 Å². The lowest BCUT2D eigenvalue weighted by atomic mass is 10.1. The molecule has 2 aromatic carbocycles. The maximum atomic E-state index is 13.6. The summed E-state index contributed by atoms with van der Waals surface area (Å²) < 4.78 is 28.9.